The van der Waals surface area contributed by atoms with Gasteiger partial charge in [-0.05, 0) is 50.8 Å². The monoisotopic (exact) mass is 309 g/mol. The van der Waals surface area contributed by atoms with Crippen molar-refractivity contribution in [1.29, 1.82) is 0 Å². The Kier molecular flexibility index (Phi) is 3.57. The van der Waals surface area contributed by atoms with E-state index in [0.29, 0.717) is 5.92 Å². The lowest BCUT2D eigenvalue weighted by molar-refractivity contribution is 0.0716. The third-order valence-electron chi connectivity index (χ3n) is 5.04. The Balaban J connectivity index is 1.77. The van der Waals surface area contributed by atoms with E-state index in [0.717, 1.165) is 53.7 Å². The van der Waals surface area contributed by atoms with Gasteiger partial charge in [-0.2, -0.15) is 0 Å². The van der Waals surface area contributed by atoms with Crippen molar-refractivity contribution in [2.75, 3.05) is 13.1 Å². The van der Waals surface area contributed by atoms with Crippen LogP contribution in [0.5, 0.6) is 0 Å². The molecule has 0 spiro atoms. The topological polar surface area (TPSA) is 59.2 Å². The number of aromatic nitrogens is 1. The average molecular weight is 309 g/mol. The van der Waals surface area contributed by atoms with Crippen LogP contribution in [0.4, 0.5) is 0 Å². The van der Waals surface area contributed by atoms with Crippen LogP contribution in [-0.2, 0) is 0 Å². The van der Waals surface area contributed by atoms with Gasteiger partial charge in [0.25, 0.3) is 5.91 Å². The Morgan fingerprint density at radius 2 is 1.91 bits per heavy atom. The number of carbonyl (C=O) groups is 1. The summed E-state index contributed by atoms with van der Waals surface area (Å²) in [6.07, 6.45) is 4.17. The normalized spacial score (nSPS) is 19.3. The number of fused-ring (bicyclic) bond motifs is 1. The number of hydrogen-bond donors (Lipinski definition) is 1. The van der Waals surface area contributed by atoms with Gasteiger partial charge in [-0.3, -0.25) is 9.78 Å². The van der Waals surface area contributed by atoms with Crippen molar-refractivity contribution in [3.8, 4) is 0 Å². The molecule has 0 bridgehead atoms. The number of carbonyl (C=O) groups excluding carboxylic acids is 1. The van der Waals surface area contributed by atoms with Crippen molar-refractivity contribution in [3.05, 3.63) is 41.1 Å². The van der Waals surface area contributed by atoms with Gasteiger partial charge in [0.05, 0.1) is 11.1 Å². The smallest absolute Gasteiger partial charge is 0.254 e. The minimum absolute atomic E-state index is 0.136. The summed E-state index contributed by atoms with van der Waals surface area (Å²) in [6, 6.07) is 8.47. The molecule has 1 aliphatic heterocycles. The van der Waals surface area contributed by atoms with Crippen molar-refractivity contribution in [1.82, 2.24) is 9.88 Å². The van der Waals surface area contributed by atoms with Crippen LogP contribution in [0.1, 0.15) is 53.2 Å². The van der Waals surface area contributed by atoms with Gasteiger partial charge in [0.1, 0.15) is 0 Å². The van der Waals surface area contributed by atoms with Crippen molar-refractivity contribution in [3.63, 3.8) is 0 Å². The van der Waals surface area contributed by atoms with Crippen molar-refractivity contribution in [2.24, 2.45) is 5.73 Å². The Hall–Kier alpha value is -1.94. The van der Waals surface area contributed by atoms with Gasteiger partial charge in [0, 0.05) is 36.1 Å². The van der Waals surface area contributed by atoms with Crippen molar-refractivity contribution < 1.29 is 4.79 Å². The zero-order valence-electron chi connectivity index (χ0n) is 13.6. The van der Waals surface area contributed by atoms with E-state index in [1.54, 1.807) is 0 Å². The molecule has 2 aromatic rings. The highest BCUT2D eigenvalue weighted by Gasteiger charge is 2.29. The van der Waals surface area contributed by atoms with Gasteiger partial charge in [-0.25, -0.2) is 0 Å². The summed E-state index contributed by atoms with van der Waals surface area (Å²) in [5.41, 5.74) is 9.97. The fraction of sp³-hybridized carbons (Fsp3) is 0.474. The molecule has 1 saturated heterocycles. The first-order chi connectivity index (χ1) is 11.1. The zero-order chi connectivity index (χ0) is 16.0. The predicted molar refractivity (Wildman–Crippen MR) is 91.6 cm³/mol. The highest BCUT2D eigenvalue weighted by atomic mass is 16.2. The average Bonchev–Trinajstić information content (AvgIpc) is 3.39. The number of nitrogens with zero attached hydrogens (tertiary/aromatic N) is 2. The van der Waals surface area contributed by atoms with E-state index < -0.39 is 0 Å². The quantitative estimate of drug-likeness (QED) is 0.928. The Morgan fingerprint density at radius 3 is 2.61 bits per heavy atom. The van der Waals surface area contributed by atoms with E-state index in [-0.39, 0.29) is 11.9 Å². The van der Waals surface area contributed by atoms with Gasteiger partial charge < -0.3 is 10.6 Å². The number of likely N-dealkylation sites (tertiary alicyclic amines) is 1. The van der Waals surface area contributed by atoms with Gasteiger partial charge in [0.15, 0.2) is 0 Å². The number of piperidine rings is 1. The van der Waals surface area contributed by atoms with Crippen LogP contribution in [0.2, 0.25) is 0 Å². The maximum Gasteiger partial charge on any atom is 0.254 e. The number of nitrogens with two attached hydrogens (primary N) is 1. The highest BCUT2D eigenvalue weighted by molar-refractivity contribution is 6.06. The minimum atomic E-state index is 0.136. The van der Waals surface area contributed by atoms with Crippen LogP contribution >= 0.6 is 0 Å². The zero-order valence-corrected chi connectivity index (χ0v) is 13.6. The molecule has 2 heterocycles. The van der Waals surface area contributed by atoms with Crippen LogP contribution in [0.3, 0.4) is 0 Å². The summed E-state index contributed by atoms with van der Waals surface area (Å²) in [6.45, 7) is 3.57. The number of hydrogen-bond acceptors (Lipinski definition) is 3. The number of aryl methyl sites for hydroxylation is 1. The van der Waals surface area contributed by atoms with Gasteiger partial charge in [-0.15, -0.1) is 0 Å². The molecular formula is C19H23N3O. The Morgan fingerprint density at radius 1 is 1.17 bits per heavy atom. The summed E-state index contributed by atoms with van der Waals surface area (Å²) in [4.78, 5) is 19.8. The molecule has 1 amide bonds. The molecule has 0 atom stereocenters. The standard InChI is InChI=1S/C19H23N3O/c1-12-2-5-17-15(10-12)16(11-18(21-17)13-3-4-13)19(23)22-8-6-14(20)7-9-22/h2,5,10-11,13-14H,3-4,6-9,20H2,1H3. The summed E-state index contributed by atoms with van der Waals surface area (Å²) in [5, 5.41) is 0.981. The summed E-state index contributed by atoms with van der Waals surface area (Å²) in [5.74, 6) is 0.679. The number of amides is 1. The molecule has 120 valence electrons. The second-order valence-corrected chi connectivity index (χ2v) is 7.02. The molecule has 4 heteroatoms. The lowest BCUT2D eigenvalue weighted by Gasteiger charge is -2.30. The molecule has 2 aliphatic rings. The van der Waals surface area contributed by atoms with E-state index >= 15 is 0 Å². The second kappa shape index (κ2) is 5.60. The molecule has 0 radical (unpaired) electrons. The molecule has 4 nitrogen and oxygen atoms in total. The van der Waals surface area contributed by atoms with E-state index in [2.05, 4.69) is 19.1 Å². The van der Waals surface area contributed by atoms with Crippen molar-refractivity contribution >= 4 is 16.8 Å². The van der Waals surface area contributed by atoms with Crippen LogP contribution in [0.25, 0.3) is 10.9 Å². The number of rotatable bonds is 2. The Labute approximate surface area is 136 Å². The first kappa shape index (κ1) is 14.6. The van der Waals surface area contributed by atoms with Crippen LogP contribution in [-0.4, -0.2) is 34.9 Å². The van der Waals surface area contributed by atoms with E-state index in [4.69, 9.17) is 10.7 Å². The molecule has 1 aromatic carbocycles. The SMILES string of the molecule is Cc1ccc2nc(C3CC3)cc(C(=O)N3CCC(N)CC3)c2c1. The lowest BCUT2D eigenvalue weighted by atomic mass is 10.0. The van der Waals surface area contributed by atoms with E-state index in [9.17, 15) is 4.79 Å². The molecule has 4 rings (SSSR count). The van der Waals surface area contributed by atoms with E-state index in [1.165, 1.54) is 12.8 Å². The summed E-state index contributed by atoms with van der Waals surface area (Å²) >= 11 is 0. The molecule has 2 N–H and O–H groups in total. The maximum absolute atomic E-state index is 13.1. The predicted octanol–water partition coefficient (Wildman–Crippen LogP) is 2.98. The number of benzene rings is 1. The molecule has 0 unspecified atom stereocenters. The molecule has 2 fully saturated rings. The minimum Gasteiger partial charge on any atom is -0.339 e. The fourth-order valence-electron chi connectivity index (χ4n) is 3.40. The second-order valence-electron chi connectivity index (χ2n) is 7.02. The third kappa shape index (κ3) is 2.83. The van der Waals surface area contributed by atoms with Crippen LogP contribution in [0.15, 0.2) is 24.3 Å². The van der Waals surface area contributed by atoms with Crippen LogP contribution < -0.4 is 5.73 Å². The van der Waals surface area contributed by atoms with Gasteiger partial charge >= 0.3 is 0 Å². The van der Waals surface area contributed by atoms with E-state index in [1.807, 2.05) is 17.0 Å². The van der Waals surface area contributed by atoms with Gasteiger partial charge in [0.2, 0.25) is 0 Å². The largest absolute Gasteiger partial charge is 0.339 e. The molecule has 1 aromatic heterocycles. The van der Waals surface area contributed by atoms with Gasteiger partial charge in [-0.1, -0.05) is 11.6 Å². The Bertz CT molecular complexity index is 759. The molecule has 1 aliphatic carbocycles. The summed E-state index contributed by atoms with van der Waals surface area (Å²) in [7, 11) is 0. The summed E-state index contributed by atoms with van der Waals surface area (Å²) < 4.78 is 0. The van der Waals surface area contributed by atoms with Crippen LogP contribution in [0, 0.1) is 6.92 Å². The number of pyridine rings is 1. The molecular weight excluding hydrogens is 286 g/mol. The third-order valence-corrected chi connectivity index (χ3v) is 5.04. The maximum atomic E-state index is 13.1. The fourth-order valence-corrected chi connectivity index (χ4v) is 3.40. The van der Waals surface area contributed by atoms with Crippen molar-refractivity contribution in [2.45, 2.75) is 44.6 Å². The molecule has 1 saturated carbocycles. The molecule has 23 heavy (non-hydrogen) atoms. The first-order valence-electron chi connectivity index (χ1n) is 8.58. The first-order valence-corrected chi connectivity index (χ1v) is 8.58. The highest BCUT2D eigenvalue weighted by Crippen LogP contribution is 2.40. The lowest BCUT2D eigenvalue weighted by Crippen LogP contribution is -2.42.